The van der Waals surface area contributed by atoms with Crippen molar-refractivity contribution in [3.63, 3.8) is 0 Å². The predicted molar refractivity (Wildman–Crippen MR) is 157 cm³/mol. The largest absolute Gasteiger partial charge is 0.355 e. The summed E-state index contributed by atoms with van der Waals surface area (Å²) in [6, 6.07) is 35.2. The molecule has 0 saturated carbocycles. The van der Waals surface area contributed by atoms with Crippen LogP contribution in [0, 0.1) is 27.7 Å². The summed E-state index contributed by atoms with van der Waals surface area (Å²) in [4.78, 5) is 0. The zero-order chi connectivity index (χ0) is 24.8. The zero-order valence-electron chi connectivity index (χ0n) is 21.2. The van der Waals surface area contributed by atoms with Gasteiger partial charge in [0.25, 0.3) is 0 Å². The molecule has 0 radical (unpaired) electrons. The minimum atomic E-state index is 1.13. The highest BCUT2D eigenvalue weighted by molar-refractivity contribution is 6.23. The summed E-state index contributed by atoms with van der Waals surface area (Å²) < 4.78 is 0. The molecule has 6 rings (SSSR count). The molecule has 6 aromatic rings. The quantitative estimate of drug-likeness (QED) is 0.253. The van der Waals surface area contributed by atoms with Crippen molar-refractivity contribution >= 4 is 55.1 Å². The molecule has 0 unspecified atom stereocenters. The number of benzene rings is 6. The van der Waals surface area contributed by atoms with Gasteiger partial charge in [-0.15, -0.1) is 0 Å². The van der Waals surface area contributed by atoms with Crippen molar-refractivity contribution in [2.24, 2.45) is 0 Å². The molecule has 6 aromatic carbocycles. The third kappa shape index (κ3) is 3.85. The number of aryl methyl sites for hydroxylation is 4. The summed E-state index contributed by atoms with van der Waals surface area (Å²) in [5, 5.41) is 14.9. The Morgan fingerprint density at radius 2 is 0.750 bits per heavy atom. The van der Waals surface area contributed by atoms with E-state index in [1.165, 1.54) is 54.6 Å². The average Bonchev–Trinajstić information content (AvgIpc) is 2.88. The molecule has 0 bridgehead atoms. The Bertz CT molecular complexity index is 1650. The number of hydrogen-bond donors (Lipinski definition) is 2. The first kappa shape index (κ1) is 22.2. The van der Waals surface area contributed by atoms with Gasteiger partial charge in [0.2, 0.25) is 0 Å². The second kappa shape index (κ2) is 8.73. The van der Waals surface area contributed by atoms with E-state index in [-0.39, 0.29) is 0 Å². The minimum absolute atomic E-state index is 1.13. The van der Waals surface area contributed by atoms with Gasteiger partial charge in [-0.2, -0.15) is 0 Å². The Morgan fingerprint density at radius 1 is 0.361 bits per heavy atom. The lowest BCUT2D eigenvalue weighted by Gasteiger charge is -2.18. The first-order chi connectivity index (χ1) is 17.5. The molecule has 0 aliphatic rings. The molecule has 0 atom stereocenters. The number of rotatable bonds is 4. The van der Waals surface area contributed by atoms with Crippen LogP contribution in [-0.4, -0.2) is 0 Å². The smallest absolute Gasteiger partial charge is 0.0470 e. The lowest BCUT2D eigenvalue weighted by Crippen LogP contribution is -1.97. The van der Waals surface area contributed by atoms with E-state index in [0.717, 1.165) is 22.7 Å². The van der Waals surface area contributed by atoms with Crippen molar-refractivity contribution < 1.29 is 0 Å². The predicted octanol–water partition coefficient (Wildman–Crippen LogP) is 9.87. The average molecular weight is 467 g/mol. The van der Waals surface area contributed by atoms with Gasteiger partial charge in [0.05, 0.1) is 0 Å². The highest BCUT2D eigenvalue weighted by atomic mass is 14.9. The van der Waals surface area contributed by atoms with Crippen LogP contribution >= 0.6 is 0 Å². The van der Waals surface area contributed by atoms with E-state index in [4.69, 9.17) is 0 Å². The molecule has 0 aliphatic heterocycles. The van der Waals surface area contributed by atoms with Crippen molar-refractivity contribution in [2.75, 3.05) is 10.6 Å². The van der Waals surface area contributed by atoms with Crippen molar-refractivity contribution in [2.45, 2.75) is 27.7 Å². The molecule has 2 N–H and O–H groups in total. The maximum atomic E-state index is 3.75. The van der Waals surface area contributed by atoms with E-state index in [2.05, 4.69) is 135 Å². The van der Waals surface area contributed by atoms with Gasteiger partial charge in [-0.3, -0.25) is 0 Å². The van der Waals surface area contributed by atoms with Crippen LogP contribution in [0.4, 0.5) is 22.7 Å². The van der Waals surface area contributed by atoms with Crippen molar-refractivity contribution in [1.29, 1.82) is 0 Å². The van der Waals surface area contributed by atoms with Gasteiger partial charge >= 0.3 is 0 Å². The zero-order valence-corrected chi connectivity index (χ0v) is 21.2. The highest BCUT2D eigenvalue weighted by Gasteiger charge is 2.14. The fraction of sp³-hybridized carbons (Fsp3) is 0.118. The van der Waals surface area contributed by atoms with Gasteiger partial charge < -0.3 is 10.6 Å². The topological polar surface area (TPSA) is 24.1 Å². The first-order valence-corrected chi connectivity index (χ1v) is 12.5. The Hall–Kier alpha value is -4.30. The monoisotopic (exact) mass is 466 g/mol. The molecule has 36 heavy (non-hydrogen) atoms. The van der Waals surface area contributed by atoms with Crippen LogP contribution in [0.3, 0.4) is 0 Å². The first-order valence-electron chi connectivity index (χ1n) is 12.5. The van der Waals surface area contributed by atoms with E-state index in [9.17, 15) is 0 Å². The summed E-state index contributed by atoms with van der Waals surface area (Å²) in [6.45, 7) is 8.61. The van der Waals surface area contributed by atoms with E-state index in [0.29, 0.717) is 0 Å². The third-order valence-corrected chi connectivity index (χ3v) is 7.18. The SMILES string of the molecule is Cc1ccc(Nc2cc3c4ccccc4c(Nc4ccc(C)cc4C)cc3c3ccccc23)c(C)c1. The molecular weight excluding hydrogens is 436 g/mol. The van der Waals surface area contributed by atoms with Crippen LogP contribution < -0.4 is 10.6 Å². The fourth-order valence-electron chi connectivity index (χ4n) is 5.36. The molecular formula is C34H30N2. The molecule has 0 fully saturated rings. The molecule has 2 nitrogen and oxygen atoms in total. The van der Waals surface area contributed by atoms with Crippen molar-refractivity contribution in [3.8, 4) is 0 Å². The molecule has 0 amide bonds. The van der Waals surface area contributed by atoms with Crippen LogP contribution in [0.1, 0.15) is 22.3 Å². The molecule has 0 saturated heterocycles. The van der Waals surface area contributed by atoms with Gasteiger partial charge in [-0.25, -0.2) is 0 Å². The fourth-order valence-corrected chi connectivity index (χ4v) is 5.36. The van der Waals surface area contributed by atoms with Gasteiger partial charge in [0.1, 0.15) is 0 Å². The second-order valence-corrected chi connectivity index (χ2v) is 9.92. The van der Waals surface area contributed by atoms with Gasteiger partial charge in [0, 0.05) is 33.5 Å². The van der Waals surface area contributed by atoms with Crippen LogP contribution in [0.5, 0.6) is 0 Å². The number of anilines is 4. The van der Waals surface area contributed by atoms with Gasteiger partial charge in [-0.05, 0) is 84.6 Å². The summed E-state index contributed by atoms with van der Waals surface area (Å²) in [6.07, 6.45) is 0. The molecule has 2 heteroatoms. The van der Waals surface area contributed by atoms with E-state index >= 15 is 0 Å². The van der Waals surface area contributed by atoms with Crippen LogP contribution in [0.2, 0.25) is 0 Å². The maximum Gasteiger partial charge on any atom is 0.0470 e. The van der Waals surface area contributed by atoms with Gasteiger partial charge in [-0.1, -0.05) is 83.9 Å². The lowest BCUT2D eigenvalue weighted by molar-refractivity contribution is 1.37. The third-order valence-electron chi connectivity index (χ3n) is 7.18. The normalized spacial score (nSPS) is 11.3. The summed E-state index contributed by atoms with van der Waals surface area (Å²) in [5.74, 6) is 0. The lowest BCUT2D eigenvalue weighted by atomic mass is 9.94. The van der Waals surface area contributed by atoms with E-state index < -0.39 is 0 Å². The van der Waals surface area contributed by atoms with Crippen molar-refractivity contribution in [1.82, 2.24) is 0 Å². The Labute approximate surface area is 212 Å². The van der Waals surface area contributed by atoms with Gasteiger partial charge in [0.15, 0.2) is 0 Å². The van der Waals surface area contributed by atoms with E-state index in [1.54, 1.807) is 0 Å². The molecule has 0 spiro atoms. The van der Waals surface area contributed by atoms with E-state index in [1.807, 2.05) is 0 Å². The molecule has 0 aliphatic carbocycles. The number of hydrogen-bond acceptors (Lipinski definition) is 2. The standard InChI is InChI=1S/C34H30N2/c1-21-13-15-31(23(3)17-21)35-33-19-29-26-10-6-8-12-28(26)34(36-32-16-14-22(2)18-24(32)4)20-30(29)25-9-5-7-11-27(25)33/h5-20,35-36H,1-4H3. The van der Waals surface area contributed by atoms with Crippen LogP contribution in [0.25, 0.3) is 32.3 Å². The molecule has 0 heterocycles. The maximum absolute atomic E-state index is 3.75. The second-order valence-electron chi connectivity index (χ2n) is 9.92. The van der Waals surface area contributed by atoms with Crippen LogP contribution in [-0.2, 0) is 0 Å². The number of nitrogens with one attached hydrogen (secondary N) is 2. The highest BCUT2D eigenvalue weighted by Crippen LogP contribution is 2.41. The Balaban J connectivity index is 1.60. The number of fused-ring (bicyclic) bond motifs is 5. The van der Waals surface area contributed by atoms with Crippen LogP contribution in [0.15, 0.2) is 97.1 Å². The summed E-state index contributed by atoms with van der Waals surface area (Å²) in [5.41, 5.74) is 9.59. The Kier molecular flexibility index (Phi) is 5.38. The summed E-state index contributed by atoms with van der Waals surface area (Å²) in [7, 11) is 0. The molecule has 0 aromatic heterocycles. The summed E-state index contributed by atoms with van der Waals surface area (Å²) >= 11 is 0. The minimum Gasteiger partial charge on any atom is -0.355 e. The van der Waals surface area contributed by atoms with Crippen molar-refractivity contribution in [3.05, 3.63) is 119 Å². The Morgan fingerprint density at radius 3 is 1.14 bits per heavy atom. The molecule has 176 valence electrons.